The first kappa shape index (κ1) is 21.5. The van der Waals surface area contributed by atoms with Crippen LogP contribution >= 0.6 is 0 Å². The van der Waals surface area contributed by atoms with E-state index in [0.717, 1.165) is 37.7 Å². The fraction of sp³-hybridized carbons (Fsp3) is 0.480. The van der Waals surface area contributed by atoms with Gasteiger partial charge >= 0.3 is 0 Å². The molecule has 1 aliphatic carbocycles. The van der Waals surface area contributed by atoms with Gasteiger partial charge < -0.3 is 15.0 Å². The zero-order chi connectivity index (χ0) is 20.7. The van der Waals surface area contributed by atoms with Gasteiger partial charge in [0, 0.05) is 11.6 Å². The number of nitrogens with zero attached hydrogens (tertiary/aromatic N) is 1. The lowest BCUT2D eigenvalue weighted by Crippen LogP contribution is -2.52. The third kappa shape index (κ3) is 5.91. The second-order valence-electron chi connectivity index (χ2n) is 8.54. The number of aryl methyl sites for hydroxylation is 1. The van der Waals surface area contributed by atoms with Gasteiger partial charge in [-0.3, -0.25) is 4.79 Å². The standard InChI is InChI=1S/C25H34N2O2/c1-20-9-7-8-12-22(20)17-25(27(2)3)15-13-23(14-16-25)26-24(28)19-29-18-21-10-5-4-6-11-21/h4-12,23H,13-19H2,1-3H3,(H,26,28). The number of benzene rings is 2. The van der Waals surface area contributed by atoms with Gasteiger partial charge in [-0.2, -0.15) is 0 Å². The summed E-state index contributed by atoms with van der Waals surface area (Å²) in [5.74, 6) is -0.0119. The molecule has 0 spiro atoms. The van der Waals surface area contributed by atoms with Crippen molar-refractivity contribution in [2.75, 3.05) is 20.7 Å². The summed E-state index contributed by atoms with van der Waals surface area (Å²) < 4.78 is 5.57. The topological polar surface area (TPSA) is 41.6 Å². The fourth-order valence-electron chi connectivity index (χ4n) is 4.35. The molecule has 0 bridgehead atoms. The van der Waals surface area contributed by atoms with E-state index in [-0.39, 0.29) is 24.1 Å². The van der Waals surface area contributed by atoms with Crippen molar-refractivity contribution in [3.8, 4) is 0 Å². The van der Waals surface area contributed by atoms with Crippen LogP contribution in [0.5, 0.6) is 0 Å². The molecule has 0 aromatic heterocycles. The number of carbonyl (C=O) groups is 1. The van der Waals surface area contributed by atoms with Crippen molar-refractivity contribution in [2.45, 2.75) is 57.2 Å². The van der Waals surface area contributed by atoms with Crippen molar-refractivity contribution in [3.63, 3.8) is 0 Å². The highest BCUT2D eigenvalue weighted by molar-refractivity contribution is 5.77. The summed E-state index contributed by atoms with van der Waals surface area (Å²) in [5.41, 5.74) is 4.04. The second kappa shape index (κ2) is 10.0. The molecular formula is C25H34N2O2. The zero-order valence-corrected chi connectivity index (χ0v) is 18.0. The number of rotatable bonds is 8. The van der Waals surface area contributed by atoms with Crippen molar-refractivity contribution < 1.29 is 9.53 Å². The molecule has 0 heterocycles. The molecule has 156 valence electrons. The van der Waals surface area contributed by atoms with Crippen LogP contribution in [0.1, 0.15) is 42.4 Å². The summed E-state index contributed by atoms with van der Waals surface area (Å²) in [5, 5.41) is 3.17. The lowest BCUT2D eigenvalue weighted by molar-refractivity contribution is -0.127. The minimum atomic E-state index is -0.0119. The molecule has 2 aromatic carbocycles. The molecule has 2 aromatic rings. The fourth-order valence-corrected chi connectivity index (χ4v) is 4.35. The monoisotopic (exact) mass is 394 g/mol. The van der Waals surface area contributed by atoms with Gasteiger partial charge in [0.05, 0.1) is 6.61 Å². The molecule has 29 heavy (non-hydrogen) atoms. The van der Waals surface area contributed by atoms with Crippen molar-refractivity contribution in [2.24, 2.45) is 0 Å². The summed E-state index contributed by atoms with van der Waals surface area (Å²) in [6.45, 7) is 2.78. The highest BCUT2D eigenvalue weighted by atomic mass is 16.5. The number of amides is 1. The van der Waals surface area contributed by atoms with Gasteiger partial charge in [-0.05, 0) is 69.8 Å². The SMILES string of the molecule is Cc1ccccc1CC1(N(C)C)CCC(NC(=O)COCc2ccccc2)CC1. The normalized spacial score (nSPS) is 21.9. The maximum absolute atomic E-state index is 12.3. The average molecular weight is 395 g/mol. The number of hydrogen-bond donors (Lipinski definition) is 1. The highest BCUT2D eigenvalue weighted by Crippen LogP contribution is 2.36. The largest absolute Gasteiger partial charge is 0.367 e. The van der Waals surface area contributed by atoms with Gasteiger partial charge in [-0.1, -0.05) is 54.6 Å². The van der Waals surface area contributed by atoms with Gasteiger partial charge in [0.15, 0.2) is 0 Å². The van der Waals surface area contributed by atoms with Gasteiger partial charge in [0.1, 0.15) is 6.61 Å². The highest BCUT2D eigenvalue weighted by Gasteiger charge is 2.37. The van der Waals surface area contributed by atoms with Gasteiger partial charge in [0.2, 0.25) is 5.91 Å². The number of nitrogens with one attached hydrogen (secondary N) is 1. The van der Waals surface area contributed by atoms with Crippen LogP contribution in [0.15, 0.2) is 54.6 Å². The molecule has 0 atom stereocenters. The number of likely N-dealkylation sites (N-methyl/N-ethyl adjacent to an activating group) is 1. The van der Waals surface area contributed by atoms with Crippen LogP contribution in [0.2, 0.25) is 0 Å². The Balaban J connectivity index is 1.47. The van der Waals surface area contributed by atoms with Crippen LogP contribution in [-0.4, -0.2) is 43.1 Å². The Morgan fingerprint density at radius 2 is 1.72 bits per heavy atom. The molecule has 0 saturated heterocycles. The third-order valence-corrected chi connectivity index (χ3v) is 6.36. The summed E-state index contributed by atoms with van der Waals surface area (Å²) in [4.78, 5) is 14.7. The van der Waals surface area contributed by atoms with E-state index in [4.69, 9.17) is 4.74 Å². The number of hydrogen-bond acceptors (Lipinski definition) is 3. The van der Waals surface area contributed by atoms with E-state index in [0.29, 0.717) is 6.61 Å². The maximum atomic E-state index is 12.3. The number of carbonyl (C=O) groups excluding carboxylic acids is 1. The number of ether oxygens (including phenoxy) is 1. The Morgan fingerprint density at radius 3 is 2.38 bits per heavy atom. The van der Waals surface area contributed by atoms with E-state index in [2.05, 4.69) is 55.5 Å². The van der Waals surface area contributed by atoms with Crippen LogP contribution in [0.3, 0.4) is 0 Å². The van der Waals surface area contributed by atoms with Crippen molar-refractivity contribution >= 4 is 5.91 Å². The first-order valence-corrected chi connectivity index (χ1v) is 10.6. The lowest BCUT2D eigenvalue weighted by atomic mass is 9.74. The molecule has 3 rings (SSSR count). The molecule has 0 aliphatic heterocycles. The summed E-state index contributed by atoms with van der Waals surface area (Å²) >= 11 is 0. The molecule has 1 fully saturated rings. The zero-order valence-electron chi connectivity index (χ0n) is 18.0. The van der Waals surface area contributed by atoms with Crippen molar-refractivity contribution in [3.05, 3.63) is 71.3 Å². The molecule has 0 unspecified atom stereocenters. The minimum Gasteiger partial charge on any atom is -0.367 e. The quantitative estimate of drug-likeness (QED) is 0.732. The summed E-state index contributed by atoms with van der Waals surface area (Å²) in [6.07, 6.45) is 5.25. The van der Waals surface area contributed by atoms with Crippen LogP contribution in [0.25, 0.3) is 0 Å². The second-order valence-corrected chi connectivity index (χ2v) is 8.54. The maximum Gasteiger partial charge on any atom is 0.246 e. The first-order chi connectivity index (χ1) is 14.0. The molecule has 1 saturated carbocycles. The van der Waals surface area contributed by atoms with Gasteiger partial charge in [-0.15, -0.1) is 0 Å². The van der Waals surface area contributed by atoms with E-state index >= 15 is 0 Å². The Hall–Kier alpha value is -2.17. The molecule has 1 N–H and O–H groups in total. The van der Waals surface area contributed by atoms with E-state index in [1.165, 1.54) is 11.1 Å². The molecule has 4 heteroatoms. The van der Waals surface area contributed by atoms with Crippen molar-refractivity contribution in [1.82, 2.24) is 10.2 Å². The Kier molecular flexibility index (Phi) is 7.45. The molecule has 1 amide bonds. The van der Waals surface area contributed by atoms with E-state index in [1.807, 2.05) is 30.3 Å². The third-order valence-electron chi connectivity index (χ3n) is 6.36. The molecule has 1 aliphatic rings. The van der Waals surface area contributed by atoms with Crippen LogP contribution in [0, 0.1) is 6.92 Å². The minimum absolute atomic E-state index is 0.0119. The molecular weight excluding hydrogens is 360 g/mol. The average Bonchev–Trinajstić information content (AvgIpc) is 2.72. The smallest absolute Gasteiger partial charge is 0.246 e. The predicted molar refractivity (Wildman–Crippen MR) is 118 cm³/mol. The van der Waals surface area contributed by atoms with Crippen LogP contribution in [0.4, 0.5) is 0 Å². The first-order valence-electron chi connectivity index (χ1n) is 10.6. The Bertz CT molecular complexity index is 780. The Morgan fingerprint density at radius 1 is 1.07 bits per heavy atom. The molecule has 4 nitrogen and oxygen atoms in total. The summed E-state index contributed by atoms with van der Waals surface area (Å²) in [6, 6.07) is 18.9. The van der Waals surface area contributed by atoms with Crippen LogP contribution < -0.4 is 5.32 Å². The van der Waals surface area contributed by atoms with Crippen LogP contribution in [-0.2, 0) is 22.6 Å². The van der Waals surface area contributed by atoms with E-state index in [1.54, 1.807) is 0 Å². The van der Waals surface area contributed by atoms with Gasteiger partial charge in [0.25, 0.3) is 0 Å². The van der Waals surface area contributed by atoms with E-state index in [9.17, 15) is 4.79 Å². The predicted octanol–water partition coefficient (Wildman–Crippen LogP) is 4.11. The lowest BCUT2D eigenvalue weighted by Gasteiger charge is -2.45. The van der Waals surface area contributed by atoms with Gasteiger partial charge in [-0.25, -0.2) is 0 Å². The summed E-state index contributed by atoms with van der Waals surface area (Å²) in [7, 11) is 4.38. The Labute approximate surface area is 175 Å². The molecule has 0 radical (unpaired) electrons. The van der Waals surface area contributed by atoms with Crippen molar-refractivity contribution in [1.29, 1.82) is 0 Å². The van der Waals surface area contributed by atoms with E-state index < -0.39 is 0 Å².